The number of hydrogen-bond donors (Lipinski definition) is 3. The zero-order chi connectivity index (χ0) is 15.9. The molecule has 1 aromatic carbocycles. The van der Waals surface area contributed by atoms with Crippen molar-refractivity contribution in [1.29, 1.82) is 0 Å². The number of urea groups is 1. The normalized spacial score (nSPS) is 21.0. The van der Waals surface area contributed by atoms with E-state index in [4.69, 9.17) is 9.84 Å². The van der Waals surface area contributed by atoms with Gasteiger partial charge in [0.05, 0.1) is 13.0 Å². The molecule has 1 saturated carbocycles. The van der Waals surface area contributed by atoms with E-state index in [-0.39, 0.29) is 18.0 Å². The predicted octanol–water partition coefficient (Wildman–Crippen LogP) is 2.14. The highest BCUT2D eigenvalue weighted by molar-refractivity contribution is 5.74. The van der Waals surface area contributed by atoms with Gasteiger partial charge in [-0.2, -0.15) is 0 Å². The molecule has 0 radical (unpaired) electrons. The first kappa shape index (κ1) is 16.1. The van der Waals surface area contributed by atoms with Gasteiger partial charge in [-0.15, -0.1) is 0 Å². The van der Waals surface area contributed by atoms with Crippen molar-refractivity contribution in [2.45, 2.75) is 38.3 Å². The topological polar surface area (TPSA) is 87.7 Å². The summed E-state index contributed by atoms with van der Waals surface area (Å²) in [5, 5.41) is 14.7. The van der Waals surface area contributed by atoms with Crippen molar-refractivity contribution in [3.8, 4) is 5.75 Å². The number of nitrogens with one attached hydrogen (secondary N) is 2. The summed E-state index contributed by atoms with van der Waals surface area (Å²) in [6.45, 7) is 0.389. The van der Waals surface area contributed by atoms with Crippen LogP contribution < -0.4 is 15.4 Å². The number of carbonyl (C=O) groups excluding carboxylic acids is 1. The predicted molar refractivity (Wildman–Crippen MR) is 81.7 cm³/mol. The molecule has 0 saturated heterocycles. The molecule has 1 fully saturated rings. The quantitative estimate of drug-likeness (QED) is 0.777. The highest BCUT2D eigenvalue weighted by atomic mass is 16.5. The Labute approximate surface area is 129 Å². The Balaban J connectivity index is 1.76. The molecule has 0 unspecified atom stereocenters. The van der Waals surface area contributed by atoms with Crippen molar-refractivity contribution in [1.82, 2.24) is 10.6 Å². The van der Waals surface area contributed by atoms with Crippen LogP contribution in [0.3, 0.4) is 0 Å². The number of carboxylic acid groups (broad SMARTS) is 1. The molecule has 0 aromatic heterocycles. The summed E-state index contributed by atoms with van der Waals surface area (Å²) >= 11 is 0. The number of amides is 2. The monoisotopic (exact) mass is 306 g/mol. The second-order valence-corrected chi connectivity index (χ2v) is 5.53. The maximum atomic E-state index is 11.9. The molecular formula is C16H22N2O4. The van der Waals surface area contributed by atoms with E-state index < -0.39 is 5.97 Å². The Kier molecular flexibility index (Phi) is 5.63. The van der Waals surface area contributed by atoms with Crippen LogP contribution in [0.5, 0.6) is 5.75 Å². The first-order valence-corrected chi connectivity index (χ1v) is 7.49. The van der Waals surface area contributed by atoms with E-state index in [2.05, 4.69) is 10.6 Å². The van der Waals surface area contributed by atoms with Gasteiger partial charge in [0.2, 0.25) is 0 Å². The van der Waals surface area contributed by atoms with Crippen LogP contribution in [-0.2, 0) is 11.3 Å². The molecule has 0 heterocycles. The standard InChI is InChI=1S/C16H22N2O4/c1-22-14-5-3-2-4-12(14)10-17-16(21)18-13-8-6-11(7-9-13)15(19)20/h2-5,11,13H,6-10H2,1H3,(H,19,20)(H2,17,18,21). The number of hydrogen-bond acceptors (Lipinski definition) is 3. The van der Waals surface area contributed by atoms with E-state index >= 15 is 0 Å². The van der Waals surface area contributed by atoms with E-state index in [1.165, 1.54) is 0 Å². The summed E-state index contributed by atoms with van der Waals surface area (Å²) < 4.78 is 5.23. The van der Waals surface area contributed by atoms with Crippen molar-refractivity contribution in [3.63, 3.8) is 0 Å². The van der Waals surface area contributed by atoms with Gasteiger partial charge < -0.3 is 20.5 Å². The van der Waals surface area contributed by atoms with Gasteiger partial charge in [0.1, 0.15) is 5.75 Å². The second-order valence-electron chi connectivity index (χ2n) is 5.53. The van der Waals surface area contributed by atoms with Crippen LogP contribution in [0, 0.1) is 5.92 Å². The van der Waals surface area contributed by atoms with E-state index in [9.17, 15) is 9.59 Å². The fraction of sp³-hybridized carbons (Fsp3) is 0.500. The molecule has 0 spiro atoms. The Morgan fingerprint density at radius 2 is 1.91 bits per heavy atom. The van der Waals surface area contributed by atoms with Gasteiger partial charge in [0.15, 0.2) is 0 Å². The van der Waals surface area contributed by atoms with Gasteiger partial charge in [-0.05, 0) is 31.7 Å². The number of rotatable bonds is 5. The largest absolute Gasteiger partial charge is 0.496 e. The van der Waals surface area contributed by atoms with Crippen molar-refractivity contribution in [2.75, 3.05) is 7.11 Å². The maximum Gasteiger partial charge on any atom is 0.315 e. The third-order valence-electron chi connectivity index (χ3n) is 4.04. The highest BCUT2D eigenvalue weighted by Crippen LogP contribution is 2.24. The van der Waals surface area contributed by atoms with Crippen molar-refractivity contribution in [2.24, 2.45) is 5.92 Å². The molecule has 6 heteroatoms. The number of carbonyl (C=O) groups is 2. The number of methoxy groups -OCH3 is 1. The van der Waals surface area contributed by atoms with E-state index in [1.807, 2.05) is 24.3 Å². The smallest absolute Gasteiger partial charge is 0.315 e. The summed E-state index contributed by atoms with van der Waals surface area (Å²) in [5.41, 5.74) is 0.912. The SMILES string of the molecule is COc1ccccc1CNC(=O)NC1CCC(C(=O)O)CC1. The molecule has 3 N–H and O–H groups in total. The highest BCUT2D eigenvalue weighted by Gasteiger charge is 2.26. The van der Waals surface area contributed by atoms with Crippen LogP contribution in [0.1, 0.15) is 31.2 Å². The summed E-state index contributed by atoms with van der Waals surface area (Å²) in [6.07, 6.45) is 2.65. The Hall–Kier alpha value is -2.24. The van der Waals surface area contributed by atoms with Crippen molar-refractivity contribution < 1.29 is 19.4 Å². The second kappa shape index (κ2) is 7.68. The maximum absolute atomic E-state index is 11.9. The first-order valence-electron chi connectivity index (χ1n) is 7.49. The molecule has 1 aliphatic rings. The molecule has 1 aliphatic carbocycles. The van der Waals surface area contributed by atoms with E-state index in [0.717, 1.165) is 11.3 Å². The van der Waals surface area contributed by atoms with Gasteiger partial charge in [-0.1, -0.05) is 18.2 Å². The van der Waals surface area contributed by atoms with Crippen molar-refractivity contribution in [3.05, 3.63) is 29.8 Å². The van der Waals surface area contributed by atoms with Crippen LogP contribution in [0.25, 0.3) is 0 Å². The van der Waals surface area contributed by atoms with Gasteiger partial charge >= 0.3 is 12.0 Å². The van der Waals surface area contributed by atoms with Crippen LogP contribution in [0.4, 0.5) is 4.79 Å². The van der Waals surface area contributed by atoms with E-state index in [1.54, 1.807) is 7.11 Å². The summed E-state index contributed by atoms with van der Waals surface area (Å²) in [4.78, 5) is 22.8. The van der Waals surface area contributed by atoms with Gasteiger partial charge in [0, 0.05) is 18.2 Å². The molecule has 0 aliphatic heterocycles. The zero-order valence-electron chi connectivity index (χ0n) is 12.7. The molecule has 2 amide bonds. The van der Waals surface area contributed by atoms with E-state index in [0.29, 0.717) is 32.2 Å². The fourth-order valence-corrected chi connectivity index (χ4v) is 2.75. The minimum atomic E-state index is -0.737. The number of aliphatic carboxylic acids is 1. The molecule has 6 nitrogen and oxygen atoms in total. The number of para-hydroxylation sites is 1. The van der Waals surface area contributed by atoms with Crippen LogP contribution >= 0.6 is 0 Å². The molecule has 0 atom stereocenters. The lowest BCUT2D eigenvalue weighted by Crippen LogP contribution is -2.43. The fourth-order valence-electron chi connectivity index (χ4n) is 2.75. The minimum absolute atomic E-state index is 0.0493. The van der Waals surface area contributed by atoms with Gasteiger partial charge in [-0.3, -0.25) is 4.79 Å². The summed E-state index contributed by atoms with van der Waals surface area (Å²) in [7, 11) is 1.60. The number of benzene rings is 1. The number of carboxylic acids is 1. The molecule has 22 heavy (non-hydrogen) atoms. The van der Waals surface area contributed by atoms with Gasteiger partial charge in [0.25, 0.3) is 0 Å². The van der Waals surface area contributed by atoms with Crippen molar-refractivity contribution >= 4 is 12.0 Å². The zero-order valence-corrected chi connectivity index (χ0v) is 12.7. The molecule has 0 bridgehead atoms. The third kappa shape index (κ3) is 4.38. The average molecular weight is 306 g/mol. The Bertz CT molecular complexity index is 525. The van der Waals surface area contributed by atoms with Crippen LogP contribution in [-0.4, -0.2) is 30.3 Å². The number of ether oxygens (including phenoxy) is 1. The lowest BCUT2D eigenvalue weighted by atomic mass is 9.86. The van der Waals surface area contributed by atoms with Crippen LogP contribution in [0.15, 0.2) is 24.3 Å². The Morgan fingerprint density at radius 3 is 2.55 bits per heavy atom. The first-order chi connectivity index (χ1) is 10.6. The summed E-state index contributed by atoms with van der Waals surface area (Å²) in [6, 6.07) is 7.34. The molecule has 120 valence electrons. The lowest BCUT2D eigenvalue weighted by Gasteiger charge is -2.26. The van der Waals surface area contributed by atoms with Gasteiger partial charge in [-0.25, -0.2) is 4.79 Å². The summed E-state index contributed by atoms with van der Waals surface area (Å²) in [5.74, 6) is -0.265. The lowest BCUT2D eigenvalue weighted by molar-refractivity contribution is -0.142. The minimum Gasteiger partial charge on any atom is -0.496 e. The Morgan fingerprint density at radius 1 is 1.23 bits per heavy atom. The average Bonchev–Trinajstić information content (AvgIpc) is 2.53. The third-order valence-corrected chi connectivity index (χ3v) is 4.04. The van der Waals surface area contributed by atoms with Crippen LogP contribution in [0.2, 0.25) is 0 Å². The molecular weight excluding hydrogens is 284 g/mol. The molecule has 1 aromatic rings. The molecule has 2 rings (SSSR count).